The van der Waals surface area contributed by atoms with E-state index >= 15 is 0 Å². The molecule has 1 aliphatic rings. The van der Waals surface area contributed by atoms with Crippen molar-refractivity contribution < 1.29 is 9.53 Å². The summed E-state index contributed by atoms with van der Waals surface area (Å²) in [7, 11) is 2.13. The van der Waals surface area contributed by atoms with Gasteiger partial charge in [-0.15, -0.1) is 0 Å². The van der Waals surface area contributed by atoms with Gasteiger partial charge in [-0.05, 0) is 40.0 Å². The predicted octanol–water partition coefficient (Wildman–Crippen LogP) is 1.97. The van der Waals surface area contributed by atoms with Crippen LogP contribution in [-0.2, 0) is 4.74 Å². The summed E-state index contributed by atoms with van der Waals surface area (Å²) in [6.07, 6.45) is 0. The maximum absolute atomic E-state index is 12.2. The third kappa shape index (κ3) is 3.13. The van der Waals surface area contributed by atoms with Crippen LogP contribution in [0.5, 0.6) is 0 Å². The van der Waals surface area contributed by atoms with Gasteiger partial charge in [-0.2, -0.15) is 0 Å². The van der Waals surface area contributed by atoms with E-state index in [9.17, 15) is 4.79 Å². The zero-order chi connectivity index (χ0) is 15.6. The molecule has 5 heteroatoms. The largest absolute Gasteiger partial charge is 0.462 e. The Kier molecular flexibility index (Phi) is 4.73. The number of benzene rings is 1. The zero-order valence-electron chi connectivity index (χ0n) is 13.3. The van der Waals surface area contributed by atoms with E-state index in [-0.39, 0.29) is 5.97 Å². The summed E-state index contributed by atoms with van der Waals surface area (Å²) in [6, 6.07) is 6.24. The Hall–Kier alpha value is -1.75. The highest BCUT2D eigenvalue weighted by Crippen LogP contribution is 2.31. The Morgan fingerprint density at radius 2 is 1.95 bits per heavy atom. The van der Waals surface area contributed by atoms with Crippen LogP contribution in [0.15, 0.2) is 18.2 Å². The molecule has 1 aliphatic heterocycles. The molecule has 1 heterocycles. The monoisotopic (exact) mass is 291 g/mol. The molecule has 2 rings (SSSR count). The molecule has 0 aliphatic carbocycles. The van der Waals surface area contributed by atoms with Crippen molar-refractivity contribution in [3.8, 4) is 0 Å². The van der Waals surface area contributed by atoms with Crippen LogP contribution in [0.25, 0.3) is 0 Å². The summed E-state index contributed by atoms with van der Waals surface area (Å²) in [6.45, 7) is 8.24. The lowest BCUT2D eigenvalue weighted by Gasteiger charge is -2.44. The van der Waals surface area contributed by atoms with Crippen molar-refractivity contribution in [2.75, 3.05) is 37.4 Å². The Morgan fingerprint density at radius 1 is 1.33 bits per heavy atom. The molecule has 0 spiro atoms. The van der Waals surface area contributed by atoms with Gasteiger partial charge in [0.25, 0.3) is 0 Å². The molecule has 2 unspecified atom stereocenters. The molecule has 5 nitrogen and oxygen atoms in total. The Morgan fingerprint density at radius 3 is 2.52 bits per heavy atom. The van der Waals surface area contributed by atoms with Crippen molar-refractivity contribution >= 4 is 17.3 Å². The topological polar surface area (TPSA) is 58.8 Å². The van der Waals surface area contributed by atoms with Crippen molar-refractivity contribution in [1.29, 1.82) is 0 Å². The first-order valence-corrected chi connectivity index (χ1v) is 7.48. The van der Waals surface area contributed by atoms with E-state index in [1.54, 1.807) is 12.1 Å². The number of nitrogens with two attached hydrogens (primary N) is 1. The number of anilines is 2. The van der Waals surface area contributed by atoms with Crippen molar-refractivity contribution in [2.24, 2.45) is 0 Å². The minimum atomic E-state index is -0.306. The standard InChI is InChI=1S/C16H25N3O2/c1-5-21-16(20)13-7-6-8-14(17)15(13)19-9-11(2)18(4)12(3)10-19/h6-8,11-12H,5,9-10,17H2,1-4H3. The Balaban J connectivity index is 2.36. The van der Waals surface area contributed by atoms with Crippen molar-refractivity contribution in [2.45, 2.75) is 32.9 Å². The predicted molar refractivity (Wildman–Crippen MR) is 85.7 cm³/mol. The first-order valence-electron chi connectivity index (χ1n) is 7.48. The maximum Gasteiger partial charge on any atom is 0.340 e. The van der Waals surface area contributed by atoms with E-state index in [2.05, 4.69) is 30.7 Å². The van der Waals surface area contributed by atoms with Gasteiger partial charge in [0, 0.05) is 25.2 Å². The third-order valence-corrected chi connectivity index (χ3v) is 4.24. The van der Waals surface area contributed by atoms with Gasteiger partial charge in [0.15, 0.2) is 0 Å². The van der Waals surface area contributed by atoms with Gasteiger partial charge in [0.05, 0.1) is 23.5 Å². The van der Waals surface area contributed by atoms with Crippen LogP contribution in [0.1, 0.15) is 31.1 Å². The van der Waals surface area contributed by atoms with Gasteiger partial charge >= 0.3 is 5.97 Å². The van der Waals surface area contributed by atoms with Crippen LogP contribution in [0.3, 0.4) is 0 Å². The molecule has 0 saturated carbocycles. The molecule has 0 amide bonds. The molecular weight excluding hydrogens is 266 g/mol. The number of rotatable bonds is 3. The highest BCUT2D eigenvalue weighted by atomic mass is 16.5. The molecule has 2 atom stereocenters. The second-order valence-electron chi connectivity index (χ2n) is 5.73. The summed E-state index contributed by atoms with van der Waals surface area (Å²) in [5, 5.41) is 0. The Bertz CT molecular complexity index is 506. The number of esters is 1. The summed E-state index contributed by atoms with van der Waals surface area (Å²) in [4.78, 5) is 16.7. The molecule has 1 aromatic rings. The van der Waals surface area contributed by atoms with Gasteiger partial charge < -0.3 is 15.4 Å². The lowest BCUT2D eigenvalue weighted by atomic mass is 10.0. The SMILES string of the molecule is CCOC(=O)c1cccc(N)c1N1CC(C)N(C)C(C)C1. The number of ether oxygens (including phenoxy) is 1. The quantitative estimate of drug-likeness (QED) is 0.681. The lowest BCUT2D eigenvalue weighted by Crippen LogP contribution is -2.55. The van der Waals surface area contributed by atoms with Crippen LogP contribution in [-0.4, -0.2) is 49.7 Å². The van der Waals surface area contributed by atoms with E-state index in [0.29, 0.717) is 29.9 Å². The van der Waals surface area contributed by atoms with E-state index in [1.165, 1.54) is 0 Å². The summed E-state index contributed by atoms with van der Waals surface area (Å²) in [5.74, 6) is -0.306. The molecule has 0 radical (unpaired) electrons. The number of hydrogen-bond donors (Lipinski definition) is 1. The van der Waals surface area contributed by atoms with Crippen LogP contribution in [0.4, 0.5) is 11.4 Å². The molecule has 1 fully saturated rings. The number of nitrogens with zero attached hydrogens (tertiary/aromatic N) is 2. The second kappa shape index (κ2) is 6.35. The van der Waals surface area contributed by atoms with Crippen LogP contribution in [0, 0.1) is 0 Å². The Labute approximate surface area is 126 Å². The lowest BCUT2D eigenvalue weighted by molar-refractivity contribution is 0.0526. The number of likely N-dealkylation sites (N-methyl/N-ethyl adjacent to an activating group) is 1. The third-order valence-electron chi connectivity index (χ3n) is 4.24. The first-order chi connectivity index (χ1) is 9.95. The number of nitrogen functional groups attached to an aromatic ring is 1. The summed E-state index contributed by atoms with van der Waals surface area (Å²) >= 11 is 0. The van der Waals surface area contributed by atoms with E-state index in [0.717, 1.165) is 18.8 Å². The molecule has 0 bridgehead atoms. The van der Waals surface area contributed by atoms with Gasteiger partial charge in [-0.25, -0.2) is 4.79 Å². The molecule has 0 aromatic heterocycles. The molecule has 1 aromatic carbocycles. The van der Waals surface area contributed by atoms with Gasteiger partial charge in [0.1, 0.15) is 0 Å². The van der Waals surface area contributed by atoms with Crippen LogP contribution < -0.4 is 10.6 Å². The number of para-hydroxylation sites is 1. The maximum atomic E-state index is 12.2. The summed E-state index contributed by atoms with van der Waals surface area (Å²) in [5.41, 5.74) is 8.14. The van der Waals surface area contributed by atoms with E-state index in [4.69, 9.17) is 10.5 Å². The average Bonchev–Trinajstić information content (AvgIpc) is 2.44. The average molecular weight is 291 g/mol. The summed E-state index contributed by atoms with van der Waals surface area (Å²) < 4.78 is 5.16. The van der Waals surface area contributed by atoms with Gasteiger partial charge in [-0.1, -0.05) is 6.07 Å². The molecule has 116 valence electrons. The molecular formula is C16H25N3O2. The van der Waals surface area contributed by atoms with Gasteiger partial charge in [-0.3, -0.25) is 4.90 Å². The van der Waals surface area contributed by atoms with E-state index < -0.39 is 0 Å². The molecule has 21 heavy (non-hydrogen) atoms. The number of hydrogen-bond acceptors (Lipinski definition) is 5. The fourth-order valence-corrected chi connectivity index (χ4v) is 2.87. The smallest absolute Gasteiger partial charge is 0.340 e. The first kappa shape index (κ1) is 15.6. The fourth-order valence-electron chi connectivity index (χ4n) is 2.87. The minimum absolute atomic E-state index is 0.306. The molecule has 2 N–H and O–H groups in total. The second-order valence-corrected chi connectivity index (χ2v) is 5.73. The van der Waals surface area contributed by atoms with Crippen molar-refractivity contribution in [1.82, 2.24) is 4.90 Å². The number of carbonyl (C=O) groups excluding carboxylic acids is 1. The van der Waals surface area contributed by atoms with E-state index in [1.807, 2.05) is 13.0 Å². The highest BCUT2D eigenvalue weighted by Gasteiger charge is 2.30. The highest BCUT2D eigenvalue weighted by molar-refractivity contribution is 5.99. The normalized spacial score (nSPS) is 23.1. The van der Waals surface area contributed by atoms with Gasteiger partial charge in [0.2, 0.25) is 0 Å². The number of piperazine rings is 1. The van der Waals surface area contributed by atoms with Crippen LogP contribution in [0.2, 0.25) is 0 Å². The van der Waals surface area contributed by atoms with Crippen molar-refractivity contribution in [3.63, 3.8) is 0 Å². The minimum Gasteiger partial charge on any atom is -0.462 e. The van der Waals surface area contributed by atoms with Crippen LogP contribution >= 0.6 is 0 Å². The number of carbonyl (C=O) groups is 1. The zero-order valence-corrected chi connectivity index (χ0v) is 13.3. The van der Waals surface area contributed by atoms with Crippen molar-refractivity contribution in [3.05, 3.63) is 23.8 Å². The fraction of sp³-hybridized carbons (Fsp3) is 0.562. The molecule has 1 saturated heterocycles.